The van der Waals surface area contributed by atoms with Gasteiger partial charge in [-0.2, -0.15) is 0 Å². The monoisotopic (exact) mass is 555 g/mol. The molecule has 2 heterocycles. The van der Waals surface area contributed by atoms with Gasteiger partial charge in [-0.1, -0.05) is 60.7 Å². The van der Waals surface area contributed by atoms with Gasteiger partial charge in [-0.3, -0.25) is 4.79 Å². The minimum absolute atomic E-state index is 0.0196. The molecule has 210 valence electrons. The predicted octanol–water partition coefficient (Wildman–Crippen LogP) is 4.19. The summed E-state index contributed by atoms with van der Waals surface area (Å²) < 4.78 is 22.5. The number of hydrogen-bond donors (Lipinski definition) is 2. The molecule has 0 radical (unpaired) electrons. The minimum Gasteiger partial charge on any atom is -0.491 e. The lowest BCUT2D eigenvalue weighted by Gasteiger charge is -2.16. The van der Waals surface area contributed by atoms with Crippen molar-refractivity contribution in [2.24, 2.45) is 0 Å². The van der Waals surface area contributed by atoms with E-state index in [0.29, 0.717) is 12.0 Å². The van der Waals surface area contributed by atoms with Crippen LogP contribution in [0.5, 0.6) is 17.2 Å². The van der Waals surface area contributed by atoms with Gasteiger partial charge >= 0.3 is 11.9 Å². The van der Waals surface area contributed by atoms with E-state index in [4.69, 9.17) is 18.6 Å². The van der Waals surface area contributed by atoms with E-state index < -0.39 is 23.5 Å². The van der Waals surface area contributed by atoms with E-state index in [1.165, 1.54) is 17.7 Å². The zero-order chi connectivity index (χ0) is 28.6. The van der Waals surface area contributed by atoms with Crippen molar-refractivity contribution in [3.05, 3.63) is 101 Å². The summed E-state index contributed by atoms with van der Waals surface area (Å²) in [5.74, 6) is -1.96. The first-order valence-corrected chi connectivity index (χ1v) is 13.4. The summed E-state index contributed by atoms with van der Waals surface area (Å²) >= 11 is 0. The number of aliphatic hydroxyl groups excluding tert-OH is 1. The molecule has 0 aliphatic carbocycles. The second-order valence-corrected chi connectivity index (χ2v) is 9.52. The number of benzene rings is 3. The first kappa shape index (κ1) is 27.8. The number of aliphatic hydroxyl groups is 1. The highest BCUT2D eigenvalue weighted by molar-refractivity contribution is 5.98. The molecule has 2 N–H and O–H groups in total. The highest BCUT2D eigenvalue weighted by Gasteiger charge is 2.25. The van der Waals surface area contributed by atoms with Gasteiger partial charge in [0.15, 0.2) is 5.76 Å². The number of ether oxygens (including phenoxy) is 3. The molecule has 0 fully saturated rings. The number of nitrogens with one attached hydrogen (secondary N) is 1. The summed E-state index contributed by atoms with van der Waals surface area (Å²) in [7, 11) is 0. The Bertz CT molecular complexity index is 1610. The number of carbonyl (C=O) groups is 2. The quantitative estimate of drug-likeness (QED) is 0.159. The Labute approximate surface area is 236 Å². The second kappa shape index (κ2) is 13.1. The zero-order valence-electron chi connectivity index (χ0n) is 22.2. The molecule has 41 heavy (non-hydrogen) atoms. The van der Waals surface area contributed by atoms with E-state index in [0.717, 1.165) is 38.1 Å². The van der Waals surface area contributed by atoms with Crippen LogP contribution in [0.3, 0.4) is 0 Å². The van der Waals surface area contributed by atoms with Gasteiger partial charge in [0.2, 0.25) is 11.2 Å². The lowest BCUT2D eigenvalue weighted by atomic mass is 10.1. The zero-order valence-corrected chi connectivity index (χ0v) is 22.2. The maximum Gasteiger partial charge on any atom is 0.336 e. The van der Waals surface area contributed by atoms with Gasteiger partial charge in [0.05, 0.1) is 6.10 Å². The molecule has 1 unspecified atom stereocenters. The highest BCUT2D eigenvalue weighted by atomic mass is 16.6. The molecular formula is C32H29NO8. The smallest absolute Gasteiger partial charge is 0.336 e. The molecule has 9 heteroatoms. The molecule has 4 aromatic rings. The third kappa shape index (κ3) is 7.08. The van der Waals surface area contributed by atoms with Crippen molar-refractivity contribution in [2.75, 3.05) is 19.7 Å². The van der Waals surface area contributed by atoms with Crippen molar-refractivity contribution in [1.82, 2.24) is 5.32 Å². The number of hydrogen-bond acceptors (Lipinski definition) is 9. The minimum atomic E-state index is -0.922. The molecule has 1 aliphatic rings. The fraction of sp³-hybridized carbons (Fsp3) is 0.219. The van der Waals surface area contributed by atoms with Crippen LogP contribution in [0.2, 0.25) is 0 Å². The van der Waals surface area contributed by atoms with Gasteiger partial charge in [-0.05, 0) is 37.9 Å². The van der Waals surface area contributed by atoms with Crippen molar-refractivity contribution in [2.45, 2.75) is 25.4 Å². The SMILES string of the molecule is O=C1/C=C\C(=O)Oc2cc(OCC(O)CCCNCCc3ccccc3)cc3oc(-c4ccccc4)c(c(=O)c23)O1. The maximum atomic E-state index is 13.5. The van der Waals surface area contributed by atoms with Crippen molar-refractivity contribution < 1.29 is 33.3 Å². The Hall–Kier alpha value is -4.73. The van der Waals surface area contributed by atoms with Gasteiger partial charge in [0.25, 0.3) is 0 Å². The Morgan fingerprint density at radius 1 is 0.854 bits per heavy atom. The van der Waals surface area contributed by atoms with Crippen LogP contribution >= 0.6 is 0 Å². The Morgan fingerprint density at radius 2 is 1.56 bits per heavy atom. The summed E-state index contributed by atoms with van der Waals surface area (Å²) in [6, 6.07) is 21.8. The van der Waals surface area contributed by atoms with E-state index >= 15 is 0 Å². The standard InChI is InChI=1S/C32H29NO8/c34-23(12-7-16-33-17-15-21-8-3-1-4-9-21)20-38-24-18-25-29-26(19-24)40-31(22-10-5-2-6-11-22)32(30(29)37)41-28(36)14-13-27(35)39-25/h1-6,8-11,13-14,18-19,23,33-34H,7,12,15-17,20H2/b14-13-. The predicted molar refractivity (Wildman–Crippen MR) is 152 cm³/mol. The fourth-order valence-electron chi connectivity index (χ4n) is 4.43. The molecular weight excluding hydrogens is 526 g/mol. The first-order valence-electron chi connectivity index (χ1n) is 13.4. The summed E-state index contributed by atoms with van der Waals surface area (Å²) in [6.07, 6.45) is 3.25. The number of fused-ring (bicyclic) bond motifs is 1. The van der Waals surface area contributed by atoms with Crippen LogP contribution in [-0.4, -0.2) is 42.8 Å². The average molecular weight is 556 g/mol. The molecule has 5 rings (SSSR count). The van der Waals surface area contributed by atoms with Crippen LogP contribution in [0.4, 0.5) is 0 Å². The van der Waals surface area contributed by atoms with Gasteiger partial charge in [0, 0.05) is 29.8 Å². The van der Waals surface area contributed by atoms with E-state index in [9.17, 15) is 19.5 Å². The molecule has 2 bridgehead atoms. The molecule has 3 aromatic carbocycles. The third-order valence-corrected chi connectivity index (χ3v) is 6.46. The third-order valence-electron chi connectivity index (χ3n) is 6.46. The maximum absolute atomic E-state index is 13.5. The van der Waals surface area contributed by atoms with Crippen molar-refractivity contribution in [3.63, 3.8) is 0 Å². The van der Waals surface area contributed by atoms with Gasteiger partial charge in [-0.15, -0.1) is 0 Å². The summed E-state index contributed by atoms with van der Waals surface area (Å²) in [5, 5.41) is 13.8. The van der Waals surface area contributed by atoms with E-state index in [2.05, 4.69) is 17.4 Å². The van der Waals surface area contributed by atoms with Crippen LogP contribution in [-0.2, 0) is 16.0 Å². The van der Waals surface area contributed by atoms with Gasteiger partial charge in [0.1, 0.15) is 29.1 Å². The summed E-state index contributed by atoms with van der Waals surface area (Å²) in [6.45, 7) is 1.59. The molecule has 0 saturated carbocycles. The topological polar surface area (TPSA) is 124 Å². The average Bonchev–Trinajstić information content (AvgIpc) is 2.98. The van der Waals surface area contributed by atoms with Gasteiger partial charge in [-0.25, -0.2) is 9.59 Å². The lowest BCUT2D eigenvalue weighted by molar-refractivity contribution is -0.131. The van der Waals surface area contributed by atoms with E-state index in [-0.39, 0.29) is 40.6 Å². The van der Waals surface area contributed by atoms with Crippen molar-refractivity contribution in [3.8, 4) is 28.6 Å². The largest absolute Gasteiger partial charge is 0.491 e. The molecule has 1 atom stereocenters. The molecule has 1 aromatic heterocycles. The van der Waals surface area contributed by atoms with E-state index in [1.807, 2.05) is 18.2 Å². The van der Waals surface area contributed by atoms with Crippen LogP contribution < -0.4 is 25.0 Å². The number of esters is 2. The number of rotatable bonds is 11. The second-order valence-electron chi connectivity index (χ2n) is 9.52. The van der Waals surface area contributed by atoms with E-state index in [1.54, 1.807) is 30.3 Å². The van der Waals surface area contributed by atoms with Gasteiger partial charge < -0.3 is 29.1 Å². The molecule has 0 spiro atoms. The number of carbonyl (C=O) groups excluding carboxylic acids is 2. The first-order chi connectivity index (χ1) is 20.0. The summed E-state index contributed by atoms with van der Waals surface area (Å²) in [4.78, 5) is 38.0. The van der Waals surface area contributed by atoms with Crippen LogP contribution in [0.25, 0.3) is 22.3 Å². The fourth-order valence-corrected chi connectivity index (χ4v) is 4.43. The van der Waals surface area contributed by atoms with Crippen LogP contribution in [0, 0.1) is 0 Å². The normalized spacial score (nSPS) is 14.4. The molecule has 0 saturated heterocycles. The Kier molecular flexibility index (Phi) is 8.88. The van der Waals surface area contributed by atoms with Crippen LogP contribution in [0.15, 0.2) is 94.2 Å². The highest BCUT2D eigenvalue weighted by Crippen LogP contribution is 2.37. The lowest BCUT2D eigenvalue weighted by Crippen LogP contribution is -2.22. The molecule has 9 nitrogen and oxygen atoms in total. The summed E-state index contributed by atoms with van der Waals surface area (Å²) in [5.41, 5.74) is 1.16. The van der Waals surface area contributed by atoms with Crippen molar-refractivity contribution >= 4 is 22.9 Å². The van der Waals surface area contributed by atoms with Crippen LogP contribution in [0.1, 0.15) is 18.4 Å². The van der Waals surface area contributed by atoms with Crippen molar-refractivity contribution in [1.29, 1.82) is 0 Å². The molecule has 1 aliphatic heterocycles. The Morgan fingerprint density at radius 3 is 2.32 bits per heavy atom. The Balaban J connectivity index is 1.30. The molecule has 0 amide bonds.